The average molecular weight is 356 g/mol. The van der Waals surface area contributed by atoms with Gasteiger partial charge < -0.3 is 9.90 Å². The zero-order valence-corrected chi connectivity index (χ0v) is 12.3. The maximum atomic E-state index is 10.1. The Morgan fingerprint density at radius 3 is 2.16 bits per heavy atom. The van der Waals surface area contributed by atoms with Crippen LogP contribution in [-0.2, 0) is 11.3 Å². The number of rotatable bonds is 4. The van der Waals surface area contributed by atoms with E-state index in [1.54, 1.807) is 12.7 Å². The quantitative estimate of drug-likeness (QED) is 0.148. The molecule has 0 aromatic carbocycles. The van der Waals surface area contributed by atoms with Gasteiger partial charge in [-0.2, -0.15) is 0 Å². The molecule has 0 radical (unpaired) electrons. The van der Waals surface area contributed by atoms with Gasteiger partial charge in [0.2, 0.25) is 12.7 Å². The molecule has 0 spiro atoms. The van der Waals surface area contributed by atoms with Crippen molar-refractivity contribution in [1.82, 2.24) is 40.6 Å². The topological polar surface area (TPSA) is 258 Å². The minimum atomic E-state index is -1.47. The van der Waals surface area contributed by atoms with Crippen molar-refractivity contribution in [3.63, 3.8) is 0 Å². The third-order valence-corrected chi connectivity index (χ3v) is 1.91. The number of nitro groups is 1. The molecule has 0 aliphatic rings. The maximum Gasteiger partial charge on any atom is 0.286 e. The molecule has 0 atom stereocenters. The number of nitrogens with zero attached hydrogens (tertiary/aromatic N) is 10. The van der Waals surface area contributed by atoms with E-state index in [4.69, 9.17) is 11.7 Å². The van der Waals surface area contributed by atoms with Gasteiger partial charge in [0, 0.05) is 22.7 Å². The molecule has 0 amide bonds. The Kier molecular flexibility index (Phi) is 7.17. The first kappa shape index (κ1) is 18.7. The summed E-state index contributed by atoms with van der Waals surface area (Å²) < 4.78 is 3.30. The molecule has 0 aliphatic carbocycles. The minimum Gasteiger partial charge on any atom is -0.550 e. The summed E-state index contributed by atoms with van der Waals surface area (Å²) in [4.78, 5) is 19.9. The van der Waals surface area contributed by atoms with Crippen LogP contribution in [0.25, 0.3) is 5.43 Å². The molecule has 134 valence electrons. The Morgan fingerprint density at radius 1 is 1.28 bits per heavy atom. The normalized spacial score (nSPS) is 9.12. The predicted octanol–water partition coefficient (Wildman–Crippen LogP) is -5.56. The highest BCUT2D eigenvalue weighted by Crippen LogP contribution is 2.10. The highest BCUT2D eigenvalue weighted by Gasteiger charge is 2.01. The average Bonchev–Trinajstić information content (AvgIpc) is 3.25. The Labute approximate surface area is 137 Å². The molecule has 6 N–H and O–H groups in total. The van der Waals surface area contributed by atoms with E-state index >= 15 is 0 Å². The zero-order chi connectivity index (χ0) is 18.7. The number of H-pyrrole nitrogens is 2. The number of carboxylic acids is 1. The number of aromatic nitrogens is 10. The van der Waals surface area contributed by atoms with Crippen molar-refractivity contribution < 1.29 is 24.3 Å². The fourth-order valence-electron chi connectivity index (χ4n) is 1.04. The standard InChI is InChI=1S/C3H4N6O4.2C2H4N4/c10-2(11)1-8-3(4-6-7-8)5-9(12)13;2*3-6-1-4-5-2-6/h1H2,(H2,4,5,7,10,11);2*1-2H,3H2. The van der Waals surface area contributed by atoms with Gasteiger partial charge in [0.05, 0.1) is 0 Å². The highest BCUT2D eigenvalue weighted by molar-refractivity contribution is 5.64. The molecule has 0 unspecified atom stereocenters. The van der Waals surface area contributed by atoms with Crippen molar-refractivity contribution in [2.24, 2.45) is 0 Å². The van der Waals surface area contributed by atoms with Crippen LogP contribution in [0, 0.1) is 10.1 Å². The molecular weight excluding hydrogens is 344 g/mol. The third-order valence-electron chi connectivity index (χ3n) is 1.91. The Morgan fingerprint density at radius 2 is 1.84 bits per heavy atom. The second-order valence-electron chi connectivity index (χ2n) is 3.75. The lowest BCUT2D eigenvalue weighted by atomic mass is 10.7. The van der Waals surface area contributed by atoms with Crippen LogP contribution in [0.3, 0.4) is 0 Å². The molecule has 18 nitrogen and oxygen atoms in total. The summed E-state index contributed by atoms with van der Waals surface area (Å²) in [5.41, 5.74) is 2.73. The fourth-order valence-corrected chi connectivity index (χ4v) is 1.04. The first-order valence-electron chi connectivity index (χ1n) is 6.00. The summed E-state index contributed by atoms with van der Waals surface area (Å²) in [6.45, 7) is -0.681. The minimum absolute atomic E-state index is 0.491. The molecule has 0 fully saturated rings. The van der Waals surface area contributed by atoms with Crippen molar-refractivity contribution in [3.05, 3.63) is 40.8 Å². The second-order valence-corrected chi connectivity index (χ2v) is 3.75. The van der Waals surface area contributed by atoms with Crippen molar-refractivity contribution in [1.29, 1.82) is 0 Å². The van der Waals surface area contributed by atoms with Gasteiger partial charge in [-0.3, -0.25) is 16.4 Å². The lowest BCUT2D eigenvalue weighted by Crippen LogP contribution is -2.41. The number of carboxylic acid groups (broad SMARTS) is 1. The van der Waals surface area contributed by atoms with Crippen LogP contribution in [0.1, 0.15) is 0 Å². The summed E-state index contributed by atoms with van der Waals surface area (Å²) >= 11 is 0. The summed E-state index contributed by atoms with van der Waals surface area (Å²) in [6, 6.07) is 0. The fraction of sp³-hybridized carbons (Fsp3) is 0.143. The maximum absolute atomic E-state index is 10.1. The Bertz CT molecular complexity index is 687. The van der Waals surface area contributed by atoms with E-state index in [0.717, 1.165) is 0 Å². The van der Waals surface area contributed by atoms with E-state index in [9.17, 15) is 20.0 Å². The molecule has 0 aliphatic heterocycles. The molecule has 3 heterocycles. The number of carbonyl (C=O) groups excluding carboxylic acids is 1. The lowest BCUT2D eigenvalue weighted by molar-refractivity contribution is -0.639. The van der Waals surface area contributed by atoms with Crippen molar-refractivity contribution >= 4 is 11.9 Å². The highest BCUT2D eigenvalue weighted by atomic mass is 16.7. The largest absolute Gasteiger partial charge is 0.550 e. The van der Waals surface area contributed by atoms with Crippen LogP contribution in [0.4, 0.5) is 5.95 Å². The van der Waals surface area contributed by atoms with Gasteiger partial charge in [-0.05, 0) is 0 Å². The van der Waals surface area contributed by atoms with Crippen molar-refractivity contribution in [3.8, 4) is 0 Å². The molecule has 3 aromatic heterocycles. The van der Waals surface area contributed by atoms with E-state index in [0.29, 0.717) is 4.68 Å². The smallest absolute Gasteiger partial charge is 0.286 e. The van der Waals surface area contributed by atoms with Crippen LogP contribution in [0.15, 0.2) is 25.3 Å². The van der Waals surface area contributed by atoms with Gasteiger partial charge in [0.1, 0.15) is 11.0 Å². The Hall–Kier alpha value is -4.38. The van der Waals surface area contributed by atoms with Gasteiger partial charge in [-0.1, -0.05) is 5.43 Å². The van der Waals surface area contributed by atoms with Crippen LogP contribution < -0.4 is 26.1 Å². The summed E-state index contributed by atoms with van der Waals surface area (Å²) in [6.07, 6.45) is 6.03. The zero-order valence-electron chi connectivity index (χ0n) is 12.3. The molecule has 3 aromatic rings. The summed E-state index contributed by atoms with van der Waals surface area (Å²) in [5, 5.41) is 40.3. The monoisotopic (exact) mass is 356 g/mol. The van der Waals surface area contributed by atoms with Crippen LogP contribution in [0.2, 0.25) is 0 Å². The molecule has 25 heavy (non-hydrogen) atoms. The number of carbonyl (C=O) groups is 1. The van der Waals surface area contributed by atoms with E-state index in [1.165, 1.54) is 22.0 Å². The van der Waals surface area contributed by atoms with Gasteiger partial charge in [0.25, 0.3) is 12.7 Å². The van der Waals surface area contributed by atoms with Crippen LogP contribution in [0.5, 0.6) is 0 Å². The third kappa shape index (κ3) is 7.98. The summed E-state index contributed by atoms with van der Waals surface area (Å²) in [5.74, 6) is 8.24. The van der Waals surface area contributed by atoms with E-state index in [-0.39, 0.29) is 0 Å². The van der Waals surface area contributed by atoms with E-state index in [2.05, 4.69) is 41.3 Å². The van der Waals surface area contributed by atoms with Crippen LogP contribution >= 0.6 is 0 Å². The van der Waals surface area contributed by atoms with E-state index < -0.39 is 23.5 Å². The number of nitrogens with two attached hydrogens (primary N) is 2. The number of nitrogen functional groups attached to an aromatic ring is 2. The van der Waals surface area contributed by atoms with Crippen molar-refractivity contribution in [2.45, 2.75) is 6.54 Å². The number of aliphatic carboxylic acids is 1. The lowest BCUT2D eigenvalue weighted by Gasteiger charge is -2.07. The van der Waals surface area contributed by atoms with Gasteiger partial charge in [-0.15, -0.1) is 30.0 Å². The number of tetrazole rings is 1. The van der Waals surface area contributed by atoms with Gasteiger partial charge in [0.15, 0.2) is 0 Å². The van der Waals surface area contributed by atoms with E-state index in [1.807, 2.05) is 0 Å². The number of aromatic amines is 2. The molecule has 18 heteroatoms. The predicted molar refractivity (Wildman–Crippen MR) is 70.7 cm³/mol. The van der Waals surface area contributed by atoms with Crippen LogP contribution in [-0.4, -0.2) is 51.6 Å². The molecule has 0 saturated heterocycles. The second kappa shape index (κ2) is 9.60. The molecule has 3 rings (SSSR count). The molecule has 0 saturated carbocycles. The number of hydrogen-bond donors (Lipinski definition) is 4. The molecule has 0 bridgehead atoms. The first-order valence-corrected chi connectivity index (χ1v) is 6.00. The molecular formula is C7H12N14O4. The summed E-state index contributed by atoms with van der Waals surface area (Å²) in [7, 11) is 0. The number of nitrogens with one attached hydrogen (secondary N) is 2. The SMILES string of the molecule is N[n+]1cn[nH]c1.N[n+]1cn[nH]c1.O=C([O-])Cn1nnnc1[N-][N+](=O)[O-]. The first-order chi connectivity index (χ1) is 11.9. The van der Waals surface area contributed by atoms with Gasteiger partial charge in [-0.25, -0.2) is 15.2 Å². The van der Waals surface area contributed by atoms with Crippen molar-refractivity contribution in [2.75, 3.05) is 11.7 Å². The van der Waals surface area contributed by atoms with Gasteiger partial charge >= 0.3 is 0 Å². The Balaban J connectivity index is 0.000000214. The number of hydrogen-bond acceptors (Lipinski definition) is 11.